The van der Waals surface area contributed by atoms with Crippen molar-refractivity contribution in [3.05, 3.63) is 0 Å². The molecule has 4 nitrogen and oxygen atoms in total. The predicted octanol–water partition coefficient (Wildman–Crippen LogP) is 3.20. The third kappa shape index (κ3) is 2.42. The monoisotopic (exact) mass is 294 g/mol. The van der Waals surface area contributed by atoms with Crippen molar-refractivity contribution in [3.8, 4) is 0 Å². The van der Waals surface area contributed by atoms with Crippen molar-refractivity contribution in [1.82, 2.24) is 0 Å². The molecule has 1 saturated heterocycles. The number of rotatable bonds is 3. The summed E-state index contributed by atoms with van der Waals surface area (Å²) in [6, 6.07) is 0. The maximum Gasteiger partial charge on any atom is 0.461 e. The van der Waals surface area contributed by atoms with Crippen LogP contribution in [-0.4, -0.2) is 30.9 Å². The molecule has 2 saturated carbocycles. The summed E-state index contributed by atoms with van der Waals surface area (Å²) >= 11 is 0. The summed E-state index contributed by atoms with van der Waals surface area (Å²) in [5.41, 5.74) is -0.264. The van der Waals surface area contributed by atoms with E-state index in [1.54, 1.807) is 0 Å². The molecule has 3 unspecified atom stereocenters. The number of carbonyl (C=O) groups is 1. The minimum atomic E-state index is -0.263. The van der Waals surface area contributed by atoms with Crippen LogP contribution < -0.4 is 0 Å². The summed E-state index contributed by atoms with van der Waals surface area (Å²) in [5, 5.41) is 0. The molecule has 1 heterocycles. The van der Waals surface area contributed by atoms with Crippen LogP contribution >= 0.6 is 0 Å². The van der Waals surface area contributed by atoms with E-state index in [4.69, 9.17) is 14.0 Å². The topological polar surface area (TPSA) is 44.8 Å². The van der Waals surface area contributed by atoms with Gasteiger partial charge in [-0.1, -0.05) is 0 Å². The van der Waals surface area contributed by atoms with Crippen LogP contribution in [0.1, 0.15) is 60.3 Å². The molecule has 3 atom stereocenters. The summed E-state index contributed by atoms with van der Waals surface area (Å²) in [7, 11) is -0.115. The number of ether oxygens (including phenoxy) is 1. The van der Waals surface area contributed by atoms with Crippen LogP contribution in [-0.2, 0) is 18.8 Å². The lowest BCUT2D eigenvalue weighted by atomic mass is 9.76. The van der Waals surface area contributed by atoms with Crippen LogP contribution in [0.4, 0.5) is 0 Å². The molecule has 0 radical (unpaired) electrons. The van der Waals surface area contributed by atoms with E-state index in [1.165, 1.54) is 0 Å². The zero-order chi connectivity index (χ0) is 15.5. The average Bonchev–Trinajstić information content (AvgIpc) is 2.79. The Morgan fingerprint density at radius 2 is 1.81 bits per heavy atom. The smallest absolute Gasteiger partial charge is 0.461 e. The summed E-state index contributed by atoms with van der Waals surface area (Å²) in [6.45, 7) is 10.7. The zero-order valence-electron chi connectivity index (χ0n) is 13.9. The van der Waals surface area contributed by atoms with E-state index in [9.17, 15) is 4.79 Å². The Morgan fingerprint density at radius 1 is 1.19 bits per heavy atom. The second-order valence-electron chi connectivity index (χ2n) is 7.99. The van der Waals surface area contributed by atoms with Gasteiger partial charge in [-0.25, -0.2) is 0 Å². The van der Waals surface area contributed by atoms with Gasteiger partial charge in [-0.3, -0.25) is 4.79 Å². The van der Waals surface area contributed by atoms with E-state index < -0.39 is 0 Å². The maximum absolute atomic E-state index is 11.9. The third-order valence-corrected chi connectivity index (χ3v) is 6.12. The SMILES string of the molecule is CCOC(=O)C1CCC2(C1)CC2B1OC(C)(C)C(C)(C)O1. The Labute approximate surface area is 128 Å². The van der Waals surface area contributed by atoms with Gasteiger partial charge in [0.1, 0.15) is 0 Å². The van der Waals surface area contributed by atoms with E-state index in [2.05, 4.69) is 27.7 Å². The summed E-state index contributed by atoms with van der Waals surface area (Å²) < 4.78 is 17.5. The highest BCUT2D eigenvalue weighted by Gasteiger charge is 2.68. The van der Waals surface area contributed by atoms with Gasteiger partial charge in [0.15, 0.2) is 0 Å². The lowest BCUT2D eigenvalue weighted by molar-refractivity contribution is -0.147. The molecule has 0 aromatic heterocycles. The zero-order valence-corrected chi connectivity index (χ0v) is 13.9. The van der Waals surface area contributed by atoms with Crippen LogP contribution in [0.15, 0.2) is 0 Å². The molecule has 0 amide bonds. The summed E-state index contributed by atoms with van der Waals surface area (Å²) in [4.78, 5) is 11.9. The fourth-order valence-electron chi connectivity index (χ4n) is 3.96. The summed E-state index contributed by atoms with van der Waals surface area (Å²) in [5.74, 6) is 0.504. The molecule has 5 heteroatoms. The quantitative estimate of drug-likeness (QED) is 0.592. The minimum Gasteiger partial charge on any atom is -0.466 e. The van der Waals surface area contributed by atoms with Crippen LogP contribution in [0.2, 0.25) is 5.82 Å². The molecule has 3 aliphatic rings. The number of hydrogen-bond donors (Lipinski definition) is 0. The fraction of sp³-hybridized carbons (Fsp3) is 0.938. The third-order valence-electron chi connectivity index (χ3n) is 6.12. The Bertz CT molecular complexity index is 432. The van der Waals surface area contributed by atoms with Crippen LogP contribution in [0, 0.1) is 11.3 Å². The van der Waals surface area contributed by atoms with Gasteiger partial charge in [-0.15, -0.1) is 0 Å². The molecule has 2 aliphatic carbocycles. The predicted molar refractivity (Wildman–Crippen MR) is 80.9 cm³/mol. The Morgan fingerprint density at radius 3 is 2.38 bits per heavy atom. The Balaban J connectivity index is 1.62. The molecule has 0 aromatic carbocycles. The van der Waals surface area contributed by atoms with Gasteiger partial charge in [0.05, 0.1) is 23.7 Å². The normalized spacial score (nSPS) is 39.8. The number of esters is 1. The van der Waals surface area contributed by atoms with Crippen molar-refractivity contribution in [2.75, 3.05) is 6.61 Å². The molecule has 1 spiro atoms. The van der Waals surface area contributed by atoms with Crippen molar-refractivity contribution in [1.29, 1.82) is 0 Å². The van der Waals surface area contributed by atoms with Gasteiger partial charge < -0.3 is 14.0 Å². The maximum atomic E-state index is 11.9. The highest BCUT2D eigenvalue weighted by Crippen LogP contribution is 2.70. The van der Waals surface area contributed by atoms with E-state index in [-0.39, 0.29) is 35.6 Å². The first-order valence-electron chi connectivity index (χ1n) is 8.23. The molecule has 0 N–H and O–H groups in total. The average molecular weight is 294 g/mol. The van der Waals surface area contributed by atoms with E-state index in [0.29, 0.717) is 12.4 Å². The molecular formula is C16H27BO4. The molecule has 0 bridgehead atoms. The van der Waals surface area contributed by atoms with E-state index in [1.807, 2.05) is 6.92 Å². The first kappa shape index (κ1) is 15.4. The van der Waals surface area contributed by atoms with Crippen LogP contribution in [0.5, 0.6) is 0 Å². The minimum absolute atomic E-state index is 0.0195. The fourth-order valence-corrected chi connectivity index (χ4v) is 3.96. The highest BCUT2D eigenvalue weighted by molar-refractivity contribution is 6.49. The van der Waals surface area contributed by atoms with E-state index in [0.717, 1.165) is 25.7 Å². The van der Waals surface area contributed by atoms with Crippen LogP contribution in [0.3, 0.4) is 0 Å². The largest absolute Gasteiger partial charge is 0.466 e. The number of carbonyl (C=O) groups excluding carboxylic acids is 1. The molecule has 0 aromatic rings. The molecule has 1 aliphatic heterocycles. The van der Waals surface area contributed by atoms with Gasteiger partial charge in [0.2, 0.25) is 0 Å². The lowest BCUT2D eigenvalue weighted by Gasteiger charge is -2.32. The molecular weight excluding hydrogens is 267 g/mol. The van der Waals surface area contributed by atoms with Crippen molar-refractivity contribution in [2.45, 2.75) is 77.3 Å². The van der Waals surface area contributed by atoms with Gasteiger partial charge in [-0.2, -0.15) is 0 Å². The second-order valence-corrected chi connectivity index (χ2v) is 7.99. The molecule has 3 rings (SSSR count). The number of hydrogen-bond acceptors (Lipinski definition) is 4. The van der Waals surface area contributed by atoms with Crippen molar-refractivity contribution >= 4 is 13.1 Å². The van der Waals surface area contributed by atoms with Crippen molar-refractivity contribution in [2.24, 2.45) is 11.3 Å². The lowest BCUT2D eigenvalue weighted by Crippen LogP contribution is -2.41. The highest BCUT2D eigenvalue weighted by atomic mass is 16.7. The summed E-state index contributed by atoms with van der Waals surface area (Å²) in [6.07, 6.45) is 4.13. The molecule has 21 heavy (non-hydrogen) atoms. The van der Waals surface area contributed by atoms with Crippen LogP contribution in [0.25, 0.3) is 0 Å². The van der Waals surface area contributed by atoms with Gasteiger partial charge in [0, 0.05) is 5.82 Å². The van der Waals surface area contributed by atoms with Gasteiger partial charge in [0.25, 0.3) is 0 Å². The Kier molecular flexibility index (Phi) is 3.45. The van der Waals surface area contributed by atoms with Crippen molar-refractivity contribution < 1.29 is 18.8 Å². The Hall–Kier alpha value is -0.545. The van der Waals surface area contributed by atoms with Gasteiger partial charge >= 0.3 is 13.1 Å². The van der Waals surface area contributed by atoms with Gasteiger partial charge in [-0.05, 0) is 65.7 Å². The standard InChI is InChI=1S/C16H27BO4/c1-6-19-13(18)11-7-8-16(9-11)10-12(16)17-20-14(2,3)15(4,5)21-17/h11-12H,6-10H2,1-5H3. The first-order chi connectivity index (χ1) is 9.71. The van der Waals surface area contributed by atoms with E-state index >= 15 is 0 Å². The second kappa shape index (κ2) is 4.72. The van der Waals surface area contributed by atoms with Crippen molar-refractivity contribution in [3.63, 3.8) is 0 Å². The molecule has 118 valence electrons. The first-order valence-corrected chi connectivity index (χ1v) is 8.23. The molecule has 3 fully saturated rings.